The fourth-order valence-corrected chi connectivity index (χ4v) is 1.87. The van der Waals surface area contributed by atoms with Crippen LogP contribution in [0.5, 0.6) is 5.75 Å². The second-order valence-electron chi connectivity index (χ2n) is 3.90. The van der Waals surface area contributed by atoms with Crippen LogP contribution in [0.4, 0.5) is 0 Å². The Morgan fingerprint density at radius 1 is 1.28 bits per heavy atom. The van der Waals surface area contributed by atoms with Crippen LogP contribution in [0.3, 0.4) is 0 Å². The average Bonchev–Trinajstić information content (AvgIpc) is 2.39. The van der Waals surface area contributed by atoms with E-state index in [0.717, 1.165) is 17.8 Å². The van der Waals surface area contributed by atoms with Gasteiger partial charge in [0.05, 0.1) is 10.7 Å². The van der Waals surface area contributed by atoms with E-state index in [1.54, 1.807) is 6.20 Å². The van der Waals surface area contributed by atoms with E-state index in [2.05, 4.69) is 10.3 Å². The van der Waals surface area contributed by atoms with Gasteiger partial charge in [-0.25, -0.2) is 0 Å². The van der Waals surface area contributed by atoms with Crippen molar-refractivity contribution in [3.05, 3.63) is 58.9 Å². The number of nitrogens with one attached hydrogen (secondary N) is 1. The molecule has 0 saturated heterocycles. The van der Waals surface area contributed by atoms with Gasteiger partial charge in [0.15, 0.2) is 0 Å². The molecule has 0 spiro atoms. The van der Waals surface area contributed by atoms with Gasteiger partial charge < -0.3 is 10.1 Å². The fourth-order valence-electron chi connectivity index (χ4n) is 1.61. The first-order valence-corrected chi connectivity index (χ1v) is 6.13. The van der Waals surface area contributed by atoms with Gasteiger partial charge in [-0.1, -0.05) is 23.7 Å². The minimum Gasteiger partial charge on any atom is -0.486 e. The molecule has 0 amide bonds. The third kappa shape index (κ3) is 3.45. The minimum absolute atomic E-state index is 0.423. The van der Waals surface area contributed by atoms with Crippen LogP contribution < -0.4 is 10.1 Å². The zero-order valence-corrected chi connectivity index (χ0v) is 10.9. The van der Waals surface area contributed by atoms with Crippen molar-refractivity contribution >= 4 is 11.6 Å². The van der Waals surface area contributed by atoms with Crippen LogP contribution in [-0.4, -0.2) is 12.0 Å². The summed E-state index contributed by atoms with van der Waals surface area (Å²) in [5.74, 6) is 0.683. The first kappa shape index (κ1) is 12.9. The summed E-state index contributed by atoms with van der Waals surface area (Å²) >= 11 is 6.16. The van der Waals surface area contributed by atoms with Gasteiger partial charge in [0.25, 0.3) is 0 Å². The maximum absolute atomic E-state index is 6.16. The van der Waals surface area contributed by atoms with Crippen LogP contribution in [0.1, 0.15) is 11.3 Å². The van der Waals surface area contributed by atoms with Gasteiger partial charge in [0.1, 0.15) is 12.4 Å². The maximum Gasteiger partial charge on any atom is 0.138 e. The lowest BCUT2D eigenvalue weighted by molar-refractivity contribution is 0.301. The first-order valence-electron chi connectivity index (χ1n) is 5.75. The van der Waals surface area contributed by atoms with Crippen LogP contribution in [0.2, 0.25) is 5.02 Å². The number of rotatable bonds is 5. The van der Waals surface area contributed by atoms with Gasteiger partial charge in [-0.3, -0.25) is 4.98 Å². The van der Waals surface area contributed by atoms with Gasteiger partial charge in [-0.15, -0.1) is 0 Å². The lowest BCUT2D eigenvalue weighted by Gasteiger charge is -2.09. The molecule has 0 fully saturated rings. The molecule has 0 radical (unpaired) electrons. The Hall–Kier alpha value is -1.58. The zero-order valence-electron chi connectivity index (χ0n) is 10.2. The summed E-state index contributed by atoms with van der Waals surface area (Å²) in [6, 6.07) is 11.5. The van der Waals surface area contributed by atoms with Crippen molar-refractivity contribution in [1.82, 2.24) is 10.3 Å². The highest BCUT2D eigenvalue weighted by Gasteiger charge is 2.03. The van der Waals surface area contributed by atoms with E-state index in [1.807, 2.05) is 43.4 Å². The Kier molecular flexibility index (Phi) is 4.56. The molecule has 0 saturated carbocycles. The third-order valence-corrected chi connectivity index (χ3v) is 2.77. The van der Waals surface area contributed by atoms with Crippen LogP contribution in [0.15, 0.2) is 42.6 Å². The number of hydrogen-bond acceptors (Lipinski definition) is 3. The van der Waals surface area contributed by atoms with Crippen molar-refractivity contribution in [3.63, 3.8) is 0 Å². The molecule has 94 valence electrons. The zero-order chi connectivity index (χ0) is 12.8. The summed E-state index contributed by atoms with van der Waals surface area (Å²) in [5, 5.41) is 3.70. The molecule has 1 aromatic heterocycles. The third-order valence-electron chi connectivity index (χ3n) is 2.48. The predicted molar refractivity (Wildman–Crippen MR) is 72.8 cm³/mol. The highest BCUT2D eigenvalue weighted by molar-refractivity contribution is 6.32. The molecule has 4 heteroatoms. The number of ether oxygens (including phenoxy) is 1. The number of nitrogens with zero attached hydrogens (tertiary/aromatic N) is 1. The number of benzene rings is 1. The Bertz CT molecular complexity index is 502. The Labute approximate surface area is 112 Å². The van der Waals surface area contributed by atoms with Crippen LogP contribution in [-0.2, 0) is 13.2 Å². The molecular formula is C14H15ClN2O. The fraction of sp³-hybridized carbons (Fsp3) is 0.214. The summed E-state index contributed by atoms with van der Waals surface area (Å²) in [5.41, 5.74) is 2.01. The van der Waals surface area contributed by atoms with Crippen molar-refractivity contribution in [2.75, 3.05) is 7.05 Å². The molecule has 0 atom stereocenters. The van der Waals surface area contributed by atoms with Crippen molar-refractivity contribution in [2.24, 2.45) is 0 Å². The van der Waals surface area contributed by atoms with E-state index in [0.29, 0.717) is 17.4 Å². The highest BCUT2D eigenvalue weighted by atomic mass is 35.5. The van der Waals surface area contributed by atoms with Crippen molar-refractivity contribution in [2.45, 2.75) is 13.2 Å². The summed E-state index contributed by atoms with van der Waals surface area (Å²) in [6.07, 6.45) is 1.75. The second-order valence-corrected chi connectivity index (χ2v) is 4.31. The van der Waals surface area contributed by atoms with Crippen LogP contribution in [0, 0.1) is 0 Å². The van der Waals surface area contributed by atoms with Gasteiger partial charge in [-0.2, -0.15) is 0 Å². The van der Waals surface area contributed by atoms with Crippen molar-refractivity contribution < 1.29 is 4.74 Å². The largest absolute Gasteiger partial charge is 0.486 e. The summed E-state index contributed by atoms with van der Waals surface area (Å²) in [6.45, 7) is 1.21. The molecule has 0 bridgehead atoms. The minimum atomic E-state index is 0.423. The normalized spacial score (nSPS) is 10.3. The molecular weight excluding hydrogens is 248 g/mol. The predicted octanol–water partition coefficient (Wildman–Crippen LogP) is 3.03. The molecule has 3 nitrogen and oxygen atoms in total. The molecule has 0 aliphatic heterocycles. The lowest BCUT2D eigenvalue weighted by Crippen LogP contribution is -2.05. The Morgan fingerprint density at radius 3 is 2.83 bits per heavy atom. The smallest absolute Gasteiger partial charge is 0.138 e. The Balaban J connectivity index is 2.01. The van der Waals surface area contributed by atoms with E-state index in [4.69, 9.17) is 16.3 Å². The average molecular weight is 263 g/mol. The van der Waals surface area contributed by atoms with Gasteiger partial charge in [0.2, 0.25) is 0 Å². The van der Waals surface area contributed by atoms with Crippen LogP contribution in [0.25, 0.3) is 0 Å². The lowest BCUT2D eigenvalue weighted by atomic mass is 10.2. The monoisotopic (exact) mass is 262 g/mol. The van der Waals surface area contributed by atoms with E-state index in [9.17, 15) is 0 Å². The number of halogens is 1. The first-order chi connectivity index (χ1) is 8.79. The molecule has 1 heterocycles. The van der Waals surface area contributed by atoms with Crippen molar-refractivity contribution in [1.29, 1.82) is 0 Å². The molecule has 2 rings (SSSR count). The van der Waals surface area contributed by atoms with Crippen molar-refractivity contribution in [3.8, 4) is 5.75 Å². The van der Waals surface area contributed by atoms with E-state index in [-0.39, 0.29) is 0 Å². The molecule has 1 N–H and O–H groups in total. The molecule has 0 unspecified atom stereocenters. The second kappa shape index (κ2) is 6.38. The highest BCUT2D eigenvalue weighted by Crippen LogP contribution is 2.26. The van der Waals surface area contributed by atoms with E-state index < -0.39 is 0 Å². The molecule has 18 heavy (non-hydrogen) atoms. The quantitative estimate of drug-likeness (QED) is 0.899. The van der Waals surface area contributed by atoms with Gasteiger partial charge >= 0.3 is 0 Å². The standard InChI is InChI=1S/C14H15ClN2O/c1-16-9-11-5-6-14(13(15)8-11)18-10-12-4-2-3-7-17-12/h2-8,16H,9-10H2,1H3. The van der Waals surface area contributed by atoms with E-state index in [1.165, 1.54) is 0 Å². The summed E-state index contributed by atoms with van der Waals surface area (Å²) in [7, 11) is 1.90. The molecule has 2 aromatic rings. The Morgan fingerprint density at radius 2 is 2.17 bits per heavy atom. The molecule has 0 aliphatic carbocycles. The number of hydrogen-bond donors (Lipinski definition) is 1. The van der Waals surface area contributed by atoms with Crippen LogP contribution >= 0.6 is 11.6 Å². The number of aromatic nitrogens is 1. The van der Waals surface area contributed by atoms with Gasteiger partial charge in [0, 0.05) is 12.7 Å². The molecule has 1 aromatic carbocycles. The topological polar surface area (TPSA) is 34.1 Å². The van der Waals surface area contributed by atoms with E-state index >= 15 is 0 Å². The molecule has 0 aliphatic rings. The maximum atomic E-state index is 6.16. The number of pyridine rings is 1. The summed E-state index contributed by atoms with van der Waals surface area (Å²) in [4.78, 5) is 4.19. The SMILES string of the molecule is CNCc1ccc(OCc2ccccn2)c(Cl)c1. The summed E-state index contributed by atoms with van der Waals surface area (Å²) < 4.78 is 5.64. The van der Waals surface area contributed by atoms with Gasteiger partial charge in [-0.05, 0) is 36.9 Å².